The van der Waals surface area contributed by atoms with E-state index in [1.807, 2.05) is 0 Å². The molecule has 0 radical (unpaired) electrons. The van der Waals surface area contributed by atoms with E-state index in [1.54, 1.807) is 17.4 Å². The summed E-state index contributed by atoms with van der Waals surface area (Å²) in [5.41, 5.74) is 2.50. The van der Waals surface area contributed by atoms with Crippen molar-refractivity contribution < 1.29 is 29.3 Å². The quantitative estimate of drug-likeness (QED) is 0.347. The molecule has 160 valence electrons. The minimum absolute atomic E-state index is 0.108. The second-order valence-electron chi connectivity index (χ2n) is 6.07. The van der Waals surface area contributed by atoms with Gasteiger partial charge in [-0.2, -0.15) is 0 Å². The smallest absolute Gasteiger partial charge is 0.328 e. The fraction of sp³-hybridized carbons (Fsp3) is 0.250. The van der Waals surface area contributed by atoms with E-state index in [1.165, 1.54) is 17.0 Å². The largest absolute Gasteiger partial charge is 0.478 e. The molecule has 0 bridgehead atoms. The van der Waals surface area contributed by atoms with Crippen LogP contribution in [0.5, 0.6) is 0 Å². The van der Waals surface area contributed by atoms with Gasteiger partial charge in [-0.3, -0.25) is 4.99 Å². The maximum absolute atomic E-state index is 13.5. The number of nitrogens with one attached hydrogen (secondary N) is 2. The Bertz CT molecular complexity index is 955. The van der Waals surface area contributed by atoms with Crippen LogP contribution < -0.4 is 10.6 Å². The van der Waals surface area contributed by atoms with Crippen LogP contribution in [0.3, 0.4) is 0 Å². The Balaban J connectivity index is 0.000000343. The first kappa shape index (κ1) is 23.0. The molecule has 0 saturated heterocycles. The van der Waals surface area contributed by atoms with Crippen LogP contribution in [0.2, 0.25) is 0 Å². The zero-order valence-corrected chi connectivity index (χ0v) is 17.0. The Labute approximate surface area is 176 Å². The summed E-state index contributed by atoms with van der Waals surface area (Å²) in [5, 5.41) is 32.2. The minimum Gasteiger partial charge on any atom is -0.478 e. The number of aliphatic hydroxyl groups excluding tert-OH is 1. The van der Waals surface area contributed by atoms with Crippen LogP contribution in [0.4, 0.5) is 20.8 Å². The SMILES string of the molecule is CCc1cc2c(s1)Nc1ccc(F)cc1NC2=NCCCO.O=C(O)/C=C/C(=O)O. The Morgan fingerprint density at radius 2 is 1.83 bits per heavy atom. The number of rotatable bonds is 6. The molecule has 0 saturated carbocycles. The van der Waals surface area contributed by atoms with Gasteiger partial charge in [0, 0.05) is 30.2 Å². The summed E-state index contributed by atoms with van der Waals surface area (Å²) in [6.45, 7) is 2.75. The van der Waals surface area contributed by atoms with Gasteiger partial charge in [0.05, 0.1) is 16.9 Å². The van der Waals surface area contributed by atoms with Crippen LogP contribution in [-0.2, 0) is 16.0 Å². The average molecular weight is 435 g/mol. The highest BCUT2D eigenvalue weighted by Gasteiger charge is 2.20. The molecule has 0 unspecified atom stereocenters. The number of halogens is 1. The lowest BCUT2D eigenvalue weighted by atomic mass is 10.2. The molecule has 0 spiro atoms. The van der Waals surface area contributed by atoms with E-state index in [0.29, 0.717) is 30.8 Å². The summed E-state index contributed by atoms with van der Waals surface area (Å²) in [4.78, 5) is 24.9. The molecule has 30 heavy (non-hydrogen) atoms. The molecule has 10 heteroatoms. The second kappa shape index (κ2) is 11.1. The van der Waals surface area contributed by atoms with Crippen LogP contribution in [0.1, 0.15) is 23.8 Å². The van der Waals surface area contributed by atoms with Gasteiger partial charge in [-0.05, 0) is 37.1 Å². The van der Waals surface area contributed by atoms with Crippen molar-refractivity contribution in [2.24, 2.45) is 4.99 Å². The topological polar surface area (TPSA) is 131 Å². The number of carboxylic acid groups (broad SMARTS) is 2. The number of aryl methyl sites for hydroxylation is 1. The Kier molecular flexibility index (Phi) is 8.51. The molecular formula is C20H22FN3O5S. The summed E-state index contributed by atoms with van der Waals surface area (Å²) in [6, 6.07) is 6.74. The molecule has 1 aromatic heterocycles. The highest BCUT2D eigenvalue weighted by Crippen LogP contribution is 2.37. The third kappa shape index (κ3) is 6.68. The number of anilines is 3. The van der Waals surface area contributed by atoms with Gasteiger partial charge in [0.25, 0.3) is 0 Å². The number of aliphatic hydroxyl groups is 1. The van der Waals surface area contributed by atoms with Crippen molar-refractivity contribution in [2.45, 2.75) is 19.8 Å². The lowest BCUT2D eigenvalue weighted by Gasteiger charge is -2.09. The third-order valence-electron chi connectivity index (χ3n) is 3.82. The monoisotopic (exact) mass is 435 g/mol. The maximum atomic E-state index is 13.5. The summed E-state index contributed by atoms with van der Waals surface area (Å²) in [6.07, 6.45) is 2.68. The van der Waals surface area contributed by atoms with Crippen LogP contribution in [0.15, 0.2) is 41.4 Å². The van der Waals surface area contributed by atoms with Crippen molar-refractivity contribution in [3.63, 3.8) is 0 Å². The Morgan fingerprint density at radius 1 is 1.13 bits per heavy atom. The van der Waals surface area contributed by atoms with Crippen molar-refractivity contribution in [1.82, 2.24) is 0 Å². The van der Waals surface area contributed by atoms with E-state index in [4.69, 9.17) is 15.3 Å². The van der Waals surface area contributed by atoms with Crippen molar-refractivity contribution in [3.8, 4) is 0 Å². The predicted octanol–water partition coefficient (Wildman–Crippen LogP) is 3.46. The predicted molar refractivity (Wildman–Crippen MR) is 115 cm³/mol. The number of nitrogens with zero attached hydrogens (tertiary/aromatic N) is 1. The molecule has 0 aliphatic carbocycles. The summed E-state index contributed by atoms with van der Waals surface area (Å²) in [5.74, 6) is -2.08. The van der Waals surface area contributed by atoms with E-state index in [-0.39, 0.29) is 12.4 Å². The van der Waals surface area contributed by atoms with E-state index < -0.39 is 11.9 Å². The van der Waals surface area contributed by atoms with Crippen molar-refractivity contribution >= 4 is 45.5 Å². The van der Waals surface area contributed by atoms with Crippen LogP contribution in [-0.4, -0.2) is 46.2 Å². The molecule has 3 rings (SSSR count). The zero-order valence-electron chi connectivity index (χ0n) is 16.2. The molecule has 1 aliphatic heterocycles. The van der Waals surface area contributed by atoms with Gasteiger partial charge in [0.15, 0.2) is 0 Å². The molecule has 0 fully saturated rings. The van der Waals surface area contributed by atoms with E-state index in [2.05, 4.69) is 28.6 Å². The number of aliphatic carboxylic acids is 2. The first-order valence-electron chi connectivity index (χ1n) is 9.10. The molecule has 0 atom stereocenters. The van der Waals surface area contributed by atoms with Gasteiger partial charge in [0.1, 0.15) is 16.7 Å². The zero-order chi connectivity index (χ0) is 22.1. The second-order valence-corrected chi connectivity index (χ2v) is 7.20. The van der Waals surface area contributed by atoms with Crippen LogP contribution in [0.25, 0.3) is 0 Å². The molecule has 2 aromatic rings. The van der Waals surface area contributed by atoms with Crippen LogP contribution >= 0.6 is 11.3 Å². The van der Waals surface area contributed by atoms with Gasteiger partial charge in [-0.15, -0.1) is 11.3 Å². The van der Waals surface area contributed by atoms with E-state index in [9.17, 15) is 14.0 Å². The normalized spacial score (nSPS) is 13.4. The fourth-order valence-corrected chi connectivity index (χ4v) is 3.47. The first-order chi connectivity index (χ1) is 14.3. The fourth-order valence-electron chi connectivity index (χ4n) is 2.46. The lowest BCUT2D eigenvalue weighted by Crippen LogP contribution is -2.13. The number of benzene rings is 1. The number of fused-ring (bicyclic) bond motifs is 2. The highest BCUT2D eigenvalue weighted by molar-refractivity contribution is 7.16. The molecule has 1 aromatic carbocycles. The van der Waals surface area contributed by atoms with Gasteiger partial charge in [0.2, 0.25) is 0 Å². The van der Waals surface area contributed by atoms with Crippen molar-refractivity contribution in [2.75, 3.05) is 23.8 Å². The summed E-state index contributed by atoms with van der Waals surface area (Å²) >= 11 is 1.68. The molecule has 0 amide bonds. The minimum atomic E-state index is -1.26. The lowest BCUT2D eigenvalue weighted by molar-refractivity contribution is -0.134. The number of aliphatic imine (C=N–C) groups is 1. The van der Waals surface area contributed by atoms with Gasteiger partial charge >= 0.3 is 11.9 Å². The molecule has 5 N–H and O–H groups in total. The Hall–Kier alpha value is -3.24. The van der Waals surface area contributed by atoms with Crippen molar-refractivity contribution in [1.29, 1.82) is 0 Å². The van der Waals surface area contributed by atoms with E-state index >= 15 is 0 Å². The standard InChI is InChI=1S/C16H18FN3OS.C4H4O4/c1-2-11-9-12-15(18-6-3-7-21)19-14-8-10(17)4-5-13(14)20-16(12)22-11;5-3(6)1-2-4(7)8/h4-5,8-9,20-21H,2-3,6-7H2,1H3,(H,18,19);1-2H,(H,5,6)(H,7,8)/b;2-1+. The molecular weight excluding hydrogens is 413 g/mol. The number of carboxylic acids is 2. The molecule has 2 heterocycles. The van der Waals surface area contributed by atoms with Gasteiger partial charge < -0.3 is 26.0 Å². The maximum Gasteiger partial charge on any atom is 0.328 e. The van der Waals surface area contributed by atoms with Crippen LogP contribution in [0, 0.1) is 5.82 Å². The number of amidine groups is 1. The van der Waals surface area contributed by atoms with E-state index in [0.717, 1.165) is 28.5 Å². The number of hydrogen-bond donors (Lipinski definition) is 5. The Morgan fingerprint density at radius 3 is 2.43 bits per heavy atom. The summed E-state index contributed by atoms with van der Waals surface area (Å²) < 4.78 is 13.5. The number of hydrogen-bond acceptors (Lipinski definition) is 6. The number of thiophene rings is 1. The summed E-state index contributed by atoms with van der Waals surface area (Å²) in [7, 11) is 0. The van der Waals surface area contributed by atoms with Gasteiger partial charge in [-0.1, -0.05) is 6.92 Å². The first-order valence-corrected chi connectivity index (χ1v) is 9.91. The van der Waals surface area contributed by atoms with Crippen molar-refractivity contribution in [3.05, 3.63) is 52.7 Å². The van der Waals surface area contributed by atoms with Gasteiger partial charge in [-0.25, -0.2) is 14.0 Å². The third-order valence-corrected chi connectivity index (χ3v) is 5.02. The molecule has 1 aliphatic rings. The molecule has 8 nitrogen and oxygen atoms in total. The number of carbonyl (C=O) groups is 2. The highest BCUT2D eigenvalue weighted by atomic mass is 32.1. The average Bonchev–Trinajstić information content (AvgIpc) is 3.05.